The molecule has 2 fully saturated rings. The van der Waals surface area contributed by atoms with Gasteiger partial charge in [-0.2, -0.15) is 0 Å². The van der Waals surface area contributed by atoms with Gasteiger partial charge >= 0.3 is 6.36 Å². The molecule has 140 valence electrons. The maximum Gasteiger partial charge on any atom is 0.573 e. The van der Waals surface area contributed by atoms with E-state index in [2.05, 4.69) is 10.1 Å². The van der Waals surface area contributed by atoms with Gasteiger partial charge in [-0.15, -0.1) is 13.2 Å². The van der Waals surface area contributed by atoms with Gasteiger partial charge in [-0.25, -0.2) is 0 Å². The number of alkyl halides is 3. The Labute approximate surface area is 147 Å². The lowest BCUT2D eigenvalue weighted by Crippen LogP contribution is -2.45. The summed E-state index contributed by atoms with van der Waals surface area (Å²) in [6.07, 6.45) is -0.867. The summed E-state index contributed by atoms with van der Waals surface area (Å²) in [5.74, 6) is -3.53. The number of amides is 1. The Bertz CT molecular complexity index is 718. The standard InChI is InChI=1S/C18H18F3NO4/c19-18(20,21)26-12-5-3-4-11(8-12)22-16(25)15-13(23)9-17(10-14(15)24)6-1-2-7-17/h3-5,8,15H,1-2,6-7,9-10H2,(H,22,25). The molecule has 2 aliphatic rings. The number of benzene rings is 1. The number of nitrogens with one attached hydrogen (secondary N) is 1. The van der Waals surface area contributed by atoms with Crippen molar-refractivity contribution in [2.75, 3.05) is 5.32 Å². The molecule has 2 saturated carbocycles. The summed E-state index contributed by atoms with van der Waals surface area (Å²) in [5.41, 5.74) is -0.274. The van der Waals surface area contributed by atoms with E-state index in [1.165, 1.54) is 12.1 Å². The molecule has 1 aromatic carbocycles. The highest BCUT2D eigenvalue weighted by Crippen LogP contribution is 2.48. The zero-order valence-electron chi connectivity index (χ0n) is 13.9. The highest BCUT2D eigenvalue weighted by Gasteiger charge is 2.48. The average Bonchev–Trinajstić information content (AvgIpc) is 2.92. The van der Waals surface area contributed by atoms with Crippen LogP contribution >= 0.6 is 0 Å². The second kappa shape index (κ2) is 6.74. The molecular weight excluding hydrogens is 351 g/mol. The van der Waals surface area contributed by atoms with Crippen LogP contribution in [0.2, 0.25) is 0 Å². The van der Waals surface area contributed by atoms with Crippen molar-refractivity contribution < 1.29 is 32.3 Å². The Morgan fingerprint density at radius 3 is 2.31 bits per heavy atom. The van der Waals surface area contributed by atoms with E-state index in [0.29, 0.717) is 0 Å². The van der Waals surface area contributed by atoms with Gasteiger partial charge < -0.3 is 10.1 Å². The summed E-state index contributed by atoms with van der Waals surface area (Å²) < 4.78 is 40.6. The second-order valence-electron chi connectivity index (χ2n) is 6.99. The minimum atomic E-state index is -4.85. The zero-order valence-corrected chi connectivity index (χ0v) is 13.9. The van der Waals surface area contributed by atoms with Gasteiger partial charge in [0.05, 0.1) is 0 Å². The maximum absolute atomic E-state index is 12.4. The third-order valence-electron chi connectivity index (χ3n) is 5.00. The van der Waals surface area contributed by atoms with Crippen molar-refractivity contribution in [1.82, 2.24) is 0 Å². The summed E-state index contributed by atoms with van der Waals surface area (Å²) in [6, 6.07) is 4.71. The van der Waals surface area contributed by atoms with Gasteiger partial charge in [0.1, 0.15) is 5.75 Å². The van der Waals surface area contributed by atoms with Crippen molar-refractivity contribution in [3.05, 3.63) is 24.3 Å². The van der Waals surface area contributed by atoms with E-state index < -0.39 is 35.5 Å². The molecule has 0 bridgehead atoms. The Kier molecular flexibility index (Phi) is 4.77. The molecule has 1 spiro atoms. The van der Waals surface area contributed by atoms with Crippen LogP contribution in [-0.2, 0) is 14.4 Å². The predicted molar refractivity (Wildman–Crippen MR) is 85.4 cm³/mol. The van der Waals surface area contributed by atoms with Gasteiger partial charge in [-0.1, -0.05) is 18.9 Å². The van der Waals surface area contributed by atoms with E-state index in [9.17, 15) is 27.6 Å². The first-order valence-corrected chi connectivity index (χ1v) is 8.40. The summed E-state index contributed by atoms with van der Waals surface area (Å²) >= 11 is 0. The molecule has 0 aliphatic heterocycles. The Balaban J connectivity index is 1.69. The number of ether oxygens (including phenoxy) is 1. The molecule has 2 aliphatic carbocycles. The lowest BCUT2D eigenvalue weighted by molar-refractivity contribution is -0.274. The molecule has 0 heterocycles. The summed E-state index contributed by atoms with van der Waals surface area (Å²) in [4.78, 5) is 37.2. The van der Waals surface area contributed by atoms with Crippen molar-refractivity contribution >= 4 is 23.2 Å². The molecule has 0 radical (unpaired) electrons. The van der Waals surface area contributed by atoms with Gasteiger partial charge in [0.15, 0.2) is 17.5 Å². The van der Waals surface area contributed by atoms with Crippen molar-refractivity contribution in [3.8, 4) is 5.75 Å². The Morgan fingerprint density at radius 2 is 1.73 bits per heavy atom. The number of hydrogen-bond acceptors (Lipinski definition) is 4. The first-order valence-electron chi connectivity index (χ1n) is 8.40. The first kappa shape index (κ1) is 18.4. The fourth-order valence-corrected chi connectivity index (χ4v) is 3.94. The zero-order chi connectivity index (χ0) is 18.9. The van der Waals surface area contributed by atoms with Crippen LogP contribution < -0.4 is 10.1 Å². The first-order chi connectivity index (χ1) is 12.2. The fourth-order valence-electron chi connectivity index (χ4n) is 3.94. The maximum atomic E-state index is 12.4. The lowest BCUT2D eigenvalue weighted by atomic mass is 9.68. The van der Waals surface area contributed by atoms with Gasteiger partial charge in [0, 0.05) is 24.6 Å². The minimum absolute atomic E-state index is 0.0264. The average molecular weight is 369 g/mol. The molecule has 0 atom stereocenters. The number of carbonyl (C=O) groups excluding carboxylic acids is 3. The Morgan fingerprint density at radius 1 is 1.12 bits per heavy atom. The highest BCUT2D eigenvalue weighted by molar-refractivity contribution is 6.23. The normalized spacial score (nSPS) is 20.4. The van der Waals surface area contributed by atoms with Crippen LogP contribution in [0, 0.1) is 11.3 Å². The number of hydrogen-bond donors (Lipinski definition) is 1. The summed E-state index contributed by atoms with van der Waals surface area (Å²) in [5, 5.41) is 2.35. The molecule has 0 unspecified atom stereocenters. The summed E-state index contributed by atoms with van der Waals surface area (Å²) in [7, 11) is 0. The van der Waals surface area contributed by atoms with Crippen LogP contribution in [0.3, 0.4) is 0 Å². The Hall–Kier alpha value is -2.38. The van der Waals surface area contributed by atoms with Crippen molar-refractivity contribution in [2.45, 2.75) is 44.9 Å². The van der Waals surface area contributed by atoms with E-state index in [0.717, 1.165) is 37.8 Å². The van der Waals surface area contributed by atoms with Crippen molar-refractivity contribution in [3.63, 3.8) is 0 Å². The molecule has 1 amide bonds. The van der Waals surface area contributed by atoms with Crippen LogP contribution in [0.15, 0.2) is 24.3 Å². The van der Waals surface area contributed by atoms with Gasteiger partial charge in [0.25, 0.3) is 0 Å². The number of rotatable bonds is 3. The van der Waals surface area contributed by atoms with Crippen LogP contribution in [0.1, 0.15) is 38.5 Å². The number of halogens is 3. The van der Waals surface area contributed by atoms with Gasteiger partial charge in [0.2, 0.25) is 5.91 Å². The van der Waals surface area contributed by atoms with Crippen molar-refractivity contribution in [1.29, 1.82) is 0 Å². The van der Waals surface area contributed by atoms with E-state index >= 15 is 0 Å². The minimum Gasteiger partial charge on any atom is -0.406 e. The quantitative estimate of drug-likeness (QED) is 0.826. The summed E-state index contributed by atoms with van der Waals surface area (Å²) in [6.45, 7) is 0. The number of Topliss-reactive ketones (excluding diaryl/α,β-unsaturated/α-hetero) is 2. The largest absolute Gasteiger partial charge is 0.573 e. The molecule has 26 heavy (non-hydrogen) atoms. The smallest absolute Gasteiger partial charge is 0.406 e. The molecule has 3 rings (SSSR count). The number of carbonyl (C=O) groups is 3. The lowest BCUT2D eigenvalue weighted by Gasteiger charge is -2.34. The van der Waals surface area contributed by atoms with Crippen LogP contribution in [-0.4, -0.2) is 23.8 Å². The second-order valence-corrected chi connectivity index (χ2v) is 6.99. The van der Waals surface area contributed by atoms with E-state index in [-0.39, 0.29) is 23.9 Å². The van der Waals surface area contributed by atoms with Gasteiger partial charge in [-0.05, 0) is 30.4 Å². The molecule has 0 saturated heterocycles. The predicted octanol–water partition coefficient (Wildman–Crippen LogP) is 3.63. The van der Waals surface area contributed by atoms with E-state index in [1.54, 1.807) is 0 Å². The van der Waals surface area contributed by atoms with E-state index in [1.807, 2.05) is 0 Å². The van der Waals surface area contributed by atoms with Crippen LogP contribution in [0.4, 0.5) is 18.9 Å². The van der Waals surface area contributed by atoms with Gasteiger partial charge in [-0.3, -0.25) is 14.4 Å². The molecule has 8 heteroatoms. The molecule has 5 nitrogen and oxygen atoms in total. The number of ketones is 2. The molecular formula is C18H18F3NO4. The molecule has 1 N–H and O–H groups in total. The van der Waals surface area contributed by atoms with Crippen LogP contribution in [0.25, 0.3) is 0 Å². The topological polar surface area (TPSA) is 72.5 Å². The third-order valence-corrected chi connectivity index (χ3v) is 5.00. The highest BCUT2D eigenvalue weighted by atomic mass is 19.4. The number of anilines is 1. The monoisotopic (exact) mass is 369 g/mol. The SMILES string of the molecule is O=C1CC2(CCCC2)CC(=O)C1C(=O)Nc1cccc(OC(F)(F)F)c1. The van der Waals surface area contributed by atoms with Crippen molar-refractivity contribution in [2.24, 2.45) is 11.3 Å². The molecule has 0 aromatic heterocycles. The third kappa shape index (κ3) is 4.05. The fraction of sp³-hybridized carbons (Fsp3) is 0.500. The van der Waals surface area contributed by atoms with E-state index in [4.69, 9.17) is 0 Å². The van der Waals surface area contributed by atoms with Crippen LogP contribution in [0.5, 0.6) is 5.75 Å². The molecule has 1 aromatic rings.